The minimum Gasteiger partial charge on any atom is -0.264 e. The zero-order valence-corrected chi connectivity index (χ0v) is 5.39. The van der Waals surface area contributed by atoms with Crippen LogP contribution in [-0.4, -0.2) is 4.98 Å². The average molecular weight is 159 g/mol. The summed E-state index contributed by atoms with van der Waals surface area (Å²) < 4.78 is 35.8. The van der Waals surface area contributed by atoms with E-state index in [1.54, 1.807) is 0 Å². The van der Waals surface area contributed by atoms with Gasteiger partial charge in [-0.15, -0.1) is 0 Å². The van der Waals surface area contributed by atoms with E-state index in [2.05, 4.69) is 4.98 Å². The SMILES string of the molecule is [CH]c1cnccc1C(F)(F)F. The third kappa shape index (κ3) is 1.69. The summed E-state index contributed by atoms with van der Waals surface area (Å²) in [4.78, 5) is 3.43. The van der Waals surface area contributed by atoms with Crippen molar-refractivity contribution in [1.29, 1.82) is 0 Å². The van der Waals surface area contributed by atoms with Crippen molar-refractivity contribution in [2.45, 2.75) is 6.18 Å². The number of aromatic nitrogens is 1. The number of hydrogen-bond acceptors (Lipinski definition) is 1. The maximum Gasteiger partial charge on any atom is 0.416 e. The summed E-state index contributed by atoms with van der Waals surface area (Å²) in [7, 11) is 0. The van der Waals surface area contributed by atoms with E-state index < -0.39 is 11.7 Å². The fourth-order valence-electron chi connectivity index (χ4n) is 0.665. The van der Waals surface area contributed by atoms with Crippen LogP contribution in [0.3, 0.4) is 0 Å². The van der Waals surface area contributed by atoms with Gasteiger partial charge in [0.05, 0.1) is 5.56 Å². The lowest BCUT2D eigenvalue weighted by atomic mass is 10.1. The van der Waals surface area contributed by atoms with E-state index >= 15 is 0 Å². The van der Waals surface area contributed by atoms with Crippen LogP contribution in [0.4, 0.5) is 13.2 Å². The number of halogens is 3. The number of hydrogen-bond donors (Lipinski definition) is 0. The molecule has 4 heteroatoms. The van der Waals surface area contributed by atoms with Crippen LogP contribution in [-0.2, 0) is 6.18 Å². The molecule has 0 saturated carbocycles. The third-order valence-corrected chi connectivity index (χ3v) is 1.16. The summed E-state index contributed by atoms with van der Waals surface area (Å²) in [6, 6.07) is 0.843. The first-order valence-corrected chi connectivity index (χ1v) is 2.78. The van der Waals surface area contributed by atoms with Crippen molar-refractivity contribution in [3.8, 4) is 0 Å². The fourth-order valence-corrected chi connectivity index (χ4v) is 0.665. The Morgan fingerprint density at radius 2 is 2.00 bits per heavy atom. The van der Waals surface area contributed by atoms with Crippen LogP contribution in [0.5, 0.6) is 0 Å². The van der Waals surface area contributed by atoms with Gasteiger partial charge in [-0.1, -0.05) is 0 Å². The van der Waals surface area contributed by atoms with E-state index in [4.69, 9.17) is 6.92 Å². The molecule has 0 N–H and O–H groups in total. The minimum atomic E-state index is -4.38. The van der Waals surface area contributed by atoms with Gasteiger partial charge in [0, 0.05) is 19.3 Å². The molecule has 0 atom stereocenters. The van der Waals surface area contributed by atoms with Gasteiger partial charge in [0.1, 0.15) is 0 Å². The molecule has 1 heterocycles. The Kier molecular flexibility index (Phi) is 1.85. The lowest BCUT2D eigenvalue weighted by molar-refractivity contribution is -0.137. The lowest BCUT2D eigenvalue weighted by Gasteiger charge is -2.07. The fraction of sp³-hybridized carbons (Fsp3) is 0.143. The number of alkyl halides is 3. The summed E-state index contributed by atoms with van der Waals surface area (Å²) >= 11 is 0. The Morgan fingerprint density at radius 3 is 2.36 bits per heavy atom. The van der Waals surface area contributed by atoms with Gasteiger partial charge in [-0.2, -0.15) is 13.2 Å². The molecular formula is C7H4F3N. The molecule has 58 valence electrons. The Labute approximate surface area is 61.9 Å². The van der Waals surface area contributed by atoms with Crippen LogP contribution in [0.15, 0.2) is 18.5 Å². The summed E-state index contributed by atoms with van der Waals surface area (Å²) in [6.07, 6.45) is -2.35. The molecular weight excluding hydrogens is 155 g/mol. The molecule has 0 saturated heterocycles. The molecule has 0 fully saturated rings. The second-order valence-electron chi connectivity index (χ2n) is 1.96. The van der Waals surface area contributed by atoms with Crippen molar-refractivity contribution in [3.05, 3.63) is 36.5 Å². The van der Waals surface area contributed by atoms with Crippen LogP contribution in [0.1, 0.15) is 11.1 Å². The molecule has 0 spiro atoms. The van der Waals surface area contributed by atoms with Crippen LogP contribution in [0.2, 0.25) is 0 Å². The molecule has 11 heavy (non-hydrogen) atoms. The highest BCUT2D eigenvalue weighted by atomic mass is 19.4. The van der Waals surface area contributed by atoms with Gasteiger partial charge < -0.3 is 0 Å². The van der Waals surface area contributed by atoms with Gasteiger partial charge in [0.15, 0.2) is 0 Å². The van der Waals surface area contributed by atoms with Gasteiger partial charge in [-0.3, -0.25) is 4.98 Å². The second-order valence-corrected chi connectivity index (χ2v) is 1.96. The summed E-state index contributed by atoms with van der Waals surface area (Å²) in [5.41, 5.74) is -1.19. The molecule has 0 aromatic carbocycles. The third-order valence-electron chi connectivity index (χ3n) is 1.16. The van der Waals surface area contributed by atoms with Crippen LogP contribution < -0.4 is 0 Å². The standard InChI is InChI=1S/C7H4F3N/c1-5-4-11-3-2-6(5)7(8,9)10/h1-4H. The Morgan fingerprint density at radius 1 is 1.36 bits per heavy atom. The van der Waals surface area contributed by atoms with E-state index in [1.165, 1.54) is 0 Å². The zero-order valence-electron chi connectivity index (χ0n) is 5.39. The summed E-state index contributed by atoms with van der Waals surface area (Å²) in [6.45, 7) is 5.02. The predicted molar refractivity (Wildman–Crippen MR) is 32.6 cm³/mol. The normalized spacial score (nSPS) is 11.6. The molecule has 0 amide bonds. The maximum atomic E-state index is 11.9. The van der Waals surface area contributed by atoms with E-state index in [0.29, 0.717) is 0 Å². The Bertz CT molecular complexity index is 254. The van der Waals surface area contributed by atoms with Gasteiger partial charge in [-0.25, -0.2) is 0 Å². The summed E-state index contributed by atoms with van der Waals surface area (Å²) in [5, 5.41) is 0. The largest absolute Gasteiger partial charge is 0.416 e. The van der Waals surface area contributed by atoms with Crippen molar-refractivity contribution in [3.63, 3.8) is 0 Å². The molecule has 1 aromatic heterocycles. The van der Waals surface area contributed by atoms with Gasteiger partial charge in [0.2, 0.25) is 0 Å². The molecule has 0 aliphatic rings. The Hall–Kier alpha value is -1.06. The average Bonchev–Trinajstić information content (AvgIpc) is 1.86. The summed E-state index contributed by atoms with van der Waals surface area (Å²) in [5.74, 6) is 0. The number of rotatable bonds is 0. The minimum absolute atomic E-state index is 0.347. The van der Waals surface area contributed by atoms with E-state index in [9.17, 15) is 13.2 Å². The van der Waals surface area contributed by atoms with E-state index in [1.807, 2.05) is 0 Å². The van der Waals surface area contributed by atoms with Gasteiger partial charge in [0.25, 0.3) is 0 Å². The first-order valence-electron chi connectivity index (χ1n) is 2.78. The first-order chi connectivity index (χ1) is 5.02. The van der Waals surface area contributed by atoms with Crippen molar-refractivity contribution in [2.75, 3.05) is 0 Å². The van der Waals surface area contributed by atoms with Crippen molar-refractivity contribution in [1.82, 2.24) is 4.98 Å². The molecule has 0 aliphatic carbocycles. The van der Waals surface area contributed by atoms with Crippen molar-refractivity contribution < 1.29 is 13.2 Å². The molecule has 0 bridgehead atoms. The highest BCUT2D eigenvalue weighted by Gasteiger charge is 2.31. The maximum absolute atomic E-state index is 11.9. The van der Waals surface area contributed by atoms with Gasteiger partial charge in [-0.05, 0) is 11.6 Å². The highest BCUT2D eigenvalue weighted by Crippen LogP contribution is 2.30. The smallest absolute Gasteiger partial charge is 0.264 e. The Balaban J connectivity index is 3.14. The van der Waals surface area contributed by atoms with Crippen LogP contribution in [0.25, 0.3) is 0 Å². The topological polar surface area (TPSA) is 12.9 Å². The molecule has 0 aliphatic heterocycles. The lowest BCUT2D eigenvalue weighted by Crippen LogP contribution is -2.07. The molecule has 1 rings (SSSR count). The van der Waals surface area contributed by atoms with Crippen LogP contribution >= 0.6 is 0 Å². The molecule has 1 nitrogen and oxygen atoms in total. The molecule has 1 aromatic rings. The highest BCUT2D eigenvalue weighted by molar-refractivity contribution is 5.28. The predicted octanol–water partition coefficient (Wildman–Crippen LogP) is 2.16. The van der Waals surface area contributed by atoms with Crippen LogP contribution in [0, 0.1) is 6.92 Å². The number of pyridine rings is 1. The monoisotopic (exact) mass is 159 g/mol. The quantitative estimate of drug-likeness (QED) is 0.565. The zero-order chi connectivity index (χ0) is 8.48. The van der Waals surface area contributed by atoms with Crippen molar-refractivity contribution >= 4 is 0 Å². The van der Waals surface area contributed by atoms with Crippen molar-refractivity contribution in [2.24, 2.45) is 0 Å². The first kappa shape index (κ1) is 8.04. The van der Waals surface area contributed by atoms with Gasteiger partial charge >= 0.3 is 6.18 Å². The number of nitrogens with zero attached hydrogens (tertiary/aromatic N) is 1. The second kappa shape index (κ2) is 2.53. The van der Waals surface area contributed by atoms with E-state index in [-0.39, 0.29) is 5.56 Å². The molecule has 2 radical (unpaired) electrons. The molecule has 0 unspecified atom stereocenters. The van der Waals surface area contributed by atoms with E-state index in [0.717, 1.165) is 18.5 Å².